The van der Waals surface area contributed by atoms with Gasteiger partial charge in [0, 0.05) is 29.3 Å². The standard InChI is InChI=1S/C14H20BrN3O/c1-2-7-18(11-5-6-17-9-11)10-3-4-12(14(16)19)13(15)8-10/h3-4,8,11,17H,2,5-7,9H2,1H3,(H2,16,19). The zero-order valence-corrected chi connectivity index (χ0v) is 12.7. The van der Waals surface area contributed by atoms with Gasteiger partial charge in [0.25, 0.3) is 0 Å². The minimum absolute atomic E-state index is 0.400. The summed E-state index contributed by atoms with van der Waals surface area (Å²) < 4.78 is 0.768. The van der Waals surface area contributed by atoms with Crippen LogP contribution < -0.4 is 16.0 Å². The topological polar surface area (TPSA) is 58.4 Å². The molecule has 2 rings (SSSR count). The normalized spacial score (nSPS) is 18.5. The van der Waals surface area contributed by atoms with E-state index in [9.17, 15) is 4.79 Å². The highest BCUT2D eigenvalue weighted by Gasteiger charge is 2.22. The molecule has 1 atom stereocenters. The van der Waals surface area contributed by atoms with Crippen molar-refractivity contribution in [3.05, 3.63) is 28.2 Å². The van der Waals surface area contributed by atoms with Crippen molar-refractivity contribution in [1.29, 1.82) is 0 Å². The van der Waals surface area contributed by atoms with Gasteiger partial charge in [-0.1, -0.05) is 6.92 Å². The van der Waals surface area contributed by atoms with Crippen molar-refractivity contribution in [3.63, 3.8) is 0 Å². The zero-order valence-electron chi connectivity index (χ0n) is 11.2. The molecule has 0 spiro atoms. The van der Waals surface area contributed by atoms with E-state index in [1.54, 1.807) is 6.07 Å². The van der Waals surface area contributed by atoms with Crippen molar-refractivity contribution in [2.24, 2.45) is 5.73 Å². The maximum Gasteiger partial charge on any atom is 0.249 e. The number of halogens is 1. The Morgan fingerprint density at radius 2 is 2.37 bits per heavy atom. The average Bonchev–Trinajstić information content (AvgIpc) is 2.89. The lowest BCUT2D eigenvalue weighted by atomic mass is 10.1. The molecule has 1 heterocycles. The lowest BCUT2D eigenvalue weighted by Gasteiger charge is -2.30. The van der Waals surface area contributed by atoms with Crippen LogP contribution in [-0.4, -0.2) is 31.6 Å². The minimum atomic E-state index is -0.400. The maximum atomic E-state index is 11.3. The zero-order chi connectivity index (χ0) is 13.8. The fourth-order valence-electron chi connectivity index (χ4n) is 2.55. The van der Waals surface area contributed by atoms with Gasteiger partial charge in [-0.25, -0.2) is 0 Å². The van der Waals surface area contributed by atoms with Crippen LogP contribution in [0.3, 0.4) is 0 Å². The van der Waals surface area contributed by atoms with Crippen LogP contribution in [0.5, 0.6) is 0 Å². The molecule has 0 radical (unpaired) electrons. The van der Waals surface area contributed by atoms with Crippen LogP contribution in [0.4, 0.5) is 5.69 Å². The highest BCUT2D eigenvalue weighted by atomic mass is 79.9. The summed E-state index contributed by atoms with van der Waals surface area (Å²) in [6.45, 7) is 5.30. The number of amides is 1. The van der Waals surface area contributed by atoms with Crippen LogP contribution in [0.15, 0.2) is 22.7 Å². The van der Waals surface area contributed by atoms with Crippen molar-refractivity contribution >= 4 is 27.5 Å². The first kappa shape index (κ1) is 14.3. The van der Waals surface area contributed by atoms with E-state index in [4.69, 9.17) is 5.73 Å². The predicted octanol–water partition coefficient (Wildman–Crippen LogP) is 2.13. The predicted molar refractivity (Wildman–Crippen MR) is 81.6 cm³/mol. The molecule has 4 nitrogen and oxygen atoms in total. The number of benzene rings is 1. The number of nitrogens with zero attached hydrogens (tertiary/aromatic N) is 1. The van der Waals surface area contributed by atoms with Gasteiger partial charge in [0.05, 0.1) is 5.56 Å². The molecule has 3 N–H and O–H groups in total. The molecule has 1 aromatic carbocycles. The fraction of sp³-hybridized carbons (Fsp3) is 0.500. The Bertz CT molecular complexity index is 458. The van der Waals surface area contributed by atoms with E-state index in [2.05, 4.69) is 33.1 Å². The second-order valence-electron chi connectivity index (χ2n) is 4.87. The van der Waals surface area contributed by atoms with Gasteiger partial charge in [-0.3, -0.25) is 4.79 Å². The first-order chi connectivity index (χ1) is 9.13. The molecular formula is C14H20BrN3O. The van der Waals surface area contributed by atoms with E-state index in [0.717, 1.165) is 42.6 Å². The molecule has 1 unspecified atom stereocenters. The number of carbonyl (C=O) groups is 1. The van der Waals surface area contributed by atoms with Gasteiger partial charge in [0.2, 0.25) is 5.91 Å². The Kier molecular flexibility index (Phi) is 4.82. The fourth-order valence-corrected chi connectivity index (χ4v) is 3.11. The molecule has 1 aromatic rings. The summed E-state index contributed by atoms with van der Waals surface area (Å²) in [5.41, 5.74) is 7.01. The minimum Gasteiger partial charge on any atom is -0.367 e. The number of carbonyl (C=O) groups excluding carboxylic acids is 1. The first-order valence-electron chi connectivity index (χ1n) is 6.70. The van der Waals surface area contributed by atoms with Crippen molar-refractivity contribution < 1.29 is 4.79 Å². The van der Waals surface area contributed by atoms with Crippen molar-refractivity contribution in [3.8, 4) is 0 Å². The summed E-state index contributed by atoms with van der Waals surface area (Å²) in [6, 6.07) is 6.31. The summed E-state index contributed by atoms with van der Waals surface area (Å²) in [4.78, 5) is 13.7. The van der Waals surface area contributed by atoms with E-state index < -0.39 is 5.91 Å². The molecule has 0 saturated carbocycles. The third-order valence-corrected chi connectivity index (χ3v) is 4.15. The number of hydrogen-bond donors (Lipinski definition) is 2. The van der Waals surface area contributed by atoms with E-state index in [1.807, 2.05) is 12.1 Å². The molecule has 1 fully saturated rings. The van der Waals surface area contributed by atoms with Crippen LogP contribution in [0, 0.1) is 0 Å². The lowest BCUT2D eigenvalue weighted by Crippen LogP contribution is -2.37. The maximum absolute atomic E-state index is 11.3. The Morgan fingerprint density at radius 1 is 1.58 bits per heavy atom. The van der Waals surface area contributed by atoms with Crippen molar-refractivity contribution in [1.82, 2.24) is 5.32 Å². The molecule has 0 bridgehead atoms. The quantitative estimate of drug-likeness (QED) is 0.871. The van der Waals surface area contributed by atoms with Gasteiger partial charge in [-0.15, -0.1) is 0 Å². The molecule has 0 aliphatic carbocycles. The number of hydrogen-bond acceptors (Lipinski definition) is 3. The largest absolute Gasteiger partial charge is 0.367 e. The highest BCUT2D eigenvalue weighted by Crippen LogP contribution is 2.27. The number of rotatable bonds is 5. The van der Waals surface area contributed by atoms with Gasteiger partial charge in [0.15, 0.2) is 0 Å². The van der Waals surface area contributed by atoms with Crippen molar-refractivity contribution in [2.75, 3.05) is 24.5 Å². The summed E-state index contributed by atoms with van der Waals surface area (Å²) in [7, 11) is 0. The highest BCUT2D eigenvalue weighted by molar-refractivity contribution is 9.10. The van der Waals surface area contributed by atoms with Gasteiger partial charge >= 0.3 is 0 Å². The second kappa shape index (κ2) is 6.39. The number of anilines is 1. The summed E-state index contributed by atoms with van der Waals surface area (Å²) in [5, 5.41) is 3.40. The third kappa shape index (κ3) is 3.28. The summed E-state index contributed by atoms with van der Waals surface area (Å²) >= 11 is 3.43. The lowest BCUT2D eigenvalue weighted by molar-refractivity contribution is 0.0999. The van der Waals surface area contributed by atoms with Crippen LogP contribution in [0.25, 0.3) is 0 Å². The second-order valence-corrected chi connectivity index (χ2v) is 5.72. The Balaban J connectivity index is 2.26. The SMILES string of the molecule is CCCN(c1ccc(C(N)=O)c(Br)c1)C1CCNC1. The summed E-state index contributed by atoms with van der Waals surface area (Å²) in [6.07, 6.45) is 2.26. The van der Waals surface area contributed by atoms with E-state index in [-0.39, 0.29) is 0 Å². The molecule has 1 aliphatic heterocycles. The van der Waals surface area contributed by atoms with Crippen LogP contribution in [-0.2, 0) is 0 Å². The molecule has 19 heavy (non-hydrogen) atoms. The Morgan fingerprint density at radius 3 is 2.89 bits per heavy atom. The smallest absolute Gasteiger partial charge is 0.249 e. The molecule has 1 aliphatic rings. The van der Waals surface area contributed by atoms with Crippen LogP contribution >= 0.6 is 15.9 Å². The molecule has 104 valence electrons. The van der Waals surface area contributed by atoms with Crippen LogP contribution in [0.1, 0.15) is 30.1 Å². The van der Waals surface area contributed by atoms with Gasteiger partial charge < -0.3 is 16.0 Å². The molecule has 1 amide bonds. The van der Waals surface area contributed by atoms with E-state index >= 15 is 0 Å². The summed E-state index contributed by atoms with van der Waals surface area (Å²) in [5.74, 6) is -0.400. The van der Waals surface area contributed by atoms with Crippen LogP contribution in [0.2, 0.25) is 0 Å². The van der Waals surface area contributed by atoms with Crippen molar-refractivity contribution in [2.45, 2.75) is 25.8 Å². The Labute approximate surface area is 122 Å². The molecule has 0 aromatic heterocycles. The molecular weight excluding hydrogens is 306 g/mol. The average molecular weight is 326 g/mol. The third-order valence-electron chi connectivity index (χ3n) is 3.49. The molecule has 1 saturated heterocycles. The van der Waals surface area contributed by atoms with E-state index in [0.29, 0.717) is 11.6 Å². The molecule has 5 heteroatoms. The number of primary amides is 1. The number of nitrogens with one attached hydrogen (secondary N) is 1. The van der Waals surface area contributed by atoms with Gasteiger partial charge in [0.1, 0.15) is 0 Å². The van der Waals surface area contributed by atoms with E-state index in [1.165, 1.54) is 0 Å². The number of nitrogens with two attached hydrogens (primary N) is 1. The Hall–Kier alpha value is -1.07. The first-order valence-corrected chi connectivity index (χ1v) is 7.49. The monoisotopic (exact) mass is 325 g/mol. The van der Waals surface area contributed by atoms with Gasteiger partial charge in [-0.2, -0.15) is 0 Å². The van der Waals surface area contributed by atoms with Gasteiger partial charge in [-0.05, 0) is 53.5 Å².